The van der Waals surface area contributed by atoms with Crippen LogP contribution in [0.3, 0.4) is 0 Å². The fourth-order valence-corrected chi connectivity index (χ4v) is 1.77. The average molecular weight is 286 g/mol. The summed E-state index contributed by atoms with van der Waals surface area (Å²) < 4.78 is 10.3. The molecule has 0 amide bonds. The molecule has 0 fully saturated rings. The van der Waals surface area contributed by atoms with Crippen molar-refractivity contribution in [1.82, 2.24) is 0 Å². The summed E-state index contributed by atoms with van der Waals surface area (Å²) in [5.41, 5.74) is 0. The molecule has 0 aliphatic rings. The van der Waals surface area contributed by atoms with Gasteiger partial charge in [-0.2, -0.15) is 0 Å². The highest BCUT2D eigenvalue weighted by molar-refractivity contribution is 6.35. The normalized spacial score (nSPS) is 10.3. The molecule has 18 heavy (non-hydrogen) atoms. The van der Waals surface area contributed by atoms with Gasteiger partial charge in [0.2, 0.25) is 0 Å². The number of furan rings is 1. The van der Waals surface area contributed by atoms with Crippen LogP contribution in [0.15, 0.2) is 34.7 Å². The highest BCUT2D eigenvalue weighted by atomic mass is 35.5. The molecular formula is C12H7Cl2O4-. The van der Waals surface area contributed by atoms with Crippen LogP contribution >= 0.6 is 23.2 Å². The number of carboxylic acids is 1. The molecule has 94 valence electrons. The number of rotatable bonds is 4. The molecule has 0 bridgehead atoms. The zero-order valence-electron chi connectivity index (χ0n) is 8.98. The van der Waals surface area contributed by atoms with E-state index in [0.29, 0.717) is 21.6 Å². The largest absolute Gasteiger partial charge is 0.542 e. The summed E-state index contributed by atoms with van der Waals surface area (Å²) in [5.74, 6) is -0.811. The zero-order chi connectivity index (χ0) is 13.1. The van der Waals surface area contributed by atoms with Gasteiger partial charge in [-0.15, -0.1) is 0 Å². The Balaban J connectivity index is 2.04. The van der Waals surface area contributed by atoms with Crippen LogP contribution in [0.1, 0.15) is 16.3 Å². The molecule has 0 aliphatic heterocycles. The van der Waals surface area contributed by atoms with Crippen molar-refractivity contribution >= 4 is 29.2 Å². The van der Waals surface area contributed by atoms with Gasteiger partial charge in [0, 0.05) is 5.02 Å². The summed E-state index contributed by atoms with van der Waals surface area (Å²) in [5, 5.41) is 11.4. The van der Waals surface area contributed by atoms with Crippen LogP contribution in [0.5, 0.6) is 5.75 Å². The van der Waals surface area contributed by atoms with Crippen LogP contribution in [0, 0.1) is 0 Å². The van der Waals surface area contributed by atoms with Crippen molar-refractivity contribution in [1.29, 1.82) is 0 Å². The molecule has 0 spiro atoms. The van der Waals surface area contributed by atoms with Crippen LogP contribution in [0.4, 0.5) is 0 Å². The summed E-state index contributed by atoms with van der Waals surface area (Å²) in [7, 11) is 0. The number of carboxylic acid groups (broad SMARTS) is 1. The molecule has 0 saturated carbocycles. The molecule has 0 N–H and O–H groups in total. The lowest BCUT2D eigenvalue weighted by Crippen LogP contribution is -2.21. The fourth-order valence-electron chi connectivity index (χ4n) is 1.31. The molecular weight excluding hydrogens is 279 g/mol. The van der Waals surface area contributed by atoms with E-state index in [1.165, 1.54) is 12.1 Å². The minimum absolute atomic E-state index is 0.0641. The zero-order valence-corrected chi connectivity index (χ0v) is 10.5. The molecule has 2 rings (SSSR count). The lowest BCUT2D eigenvalue weighted by molar-refractivity contribution is -0.257. The number of carbonyl (C=O) groups is 1. The first-order valence-corrected chi connectivity index (χ1v) is 5.70. The maximum absolute atomic E-state index is 10.5. The van der Waals surface area contributed by atoms with Crippen molar-refractivity contribution in [2.24, 2.45) is 0 Å². The van der Waals surface area contributed by atoms with Gasteiger partial charge in [-0.05, 0) is 30.3 Å². The van der Waals surface area contributed by atoms with E-state index in [4.69, 9.17) is 32.4 Å². The molecule has 0 radical (unpaired) electrons. The maximum atomic E-state index is 10.5. The van der Waals surface area contributed by atoms with Gasteiger partial charge >= 0.3 is 0 Å². The average Bonchev–Trinajstić information content (AvgIpc) is 2.76. The van der Waals surface area contributed by atoms with Crippen LogP contribution in [0.2, 0.25) is 10.0 Å². The molecule has 1 aromatic heterocycles. The Morgan fingerprint density at radius 3 is 2.67 bits per heavy atom. The molecule has 2 aromatic rings. The highest BCUT2D eigenvalue weighted by Gasteiger charge is 2.06. The van der Waals surface area contributed by atoms with Gasteiger partial charge in [0.05, 0.1) is 5.02 Å². The van der Waals surface area contributed by atoms with E-state index in [2.05, 4.69) is 0 Å². The third-order valence-corrected chi connectivity index (χ3v) is 2.66. The highest BCUT2D eigenvalue weighted by Crippen LogP contribution is 2.28. The van der Waals surface area contributed by atoms with Crippen molar-refractivity contribution < 1.29 is 19.1 Å². The first-order valence-electron chi connectivity index (χ1n) is 4.94. The molecule has 0 saturated heterocycles. The summed E-state index contributed by atoms with van der Waals surface area (Å²) >= 11 is 11.6. The molecule has 4 nitrogen and oxygen atoms in total. The van der Waals surface area contributed by atoms with Crippen LogP contribution in [0.25, 0.3) is 0 Å². The van der Waals surface area contributed by atoms with E-state index in [1.807, 2.05) is 0 Å². The van der Waals surface area contributed by atoms with Crippen LogP contribution < -0.4 is 9.84 Å². The number of hydrogen-bond acceptors (Lipinski definition) is 4. The minimum Gasteiger partial charge on any atom is -0.542 e. The summed E-state index contributed by atoms with van der Waals surface area (Å²) in [6, 6.07) is 7.60. The summed E-state index contributed by atoms with van der Waals surface area (Å²) in [6.45, 7) is 0.0641. The van der Waals surface area contributed by atoms with Crippen molar-refractivity contribution in [2.75, 3.05) is 0 Å². The first-order chi connectivity index (χ1) is 8.56. The van der Waals surface area contributed by atoms with Crippen molar-refractivity contribution in [3.05, 3.63) is 51.9 Å². The fraction of sp³-hybridized carbons (Fsp3) is 0.0833. The number of ether oxygens (including phenoxy) is 1. The van der Waals surface area contributed by atoms with Gasteiger partial charge in [-0.1, -0.05) is 23.2 Å². The lowest BCUT2D eigenvalue weighted by atomic mass is 10.3. The third kappa shape index (κ3) is 2.97. The third-order valence-electron chi connectivity index (χ3n) is 2.13. The van der Waals surface area contributed by atoms with Gasteiger partial charge in [-0.3, -0.25) is 0 Å². The second-order valence-corrected chi connectivity index (χ2v) is 4.26. The summed E-state index contributed by atoms with van der Waals surface area (Å²) in [6.07, 6.45) is 0. The second kappa shape index (κ2) is 5.33. The molecule has 6 heteroatoms. The topological polar surface area (TPSA) is 62.5 Å². The van der Waals surface area contributed by atoms with E-state index in [9.17, 15) is 9.90 Å². The van der Waals surface area contributed by atoms with Gasteiger partial charge in [0.25, 0.3) is 0 Å². The quantitative estimate of drug-likeness (QED) is 0.866. The Morgan fingerprint density at radius 2 is 2.06 bits per heavy atom. The Kier molecular flexibility index (Phi) is 3.79. The number of hydrogen-bond donors (Lipinski definition) is 0. The van der Waals surface area contributed by atoms with Gasteiger partial charge < -0.3 is 19.1 Å². The molecule has 0 unspecified atom stereocenters. The maximum Gasteiger partial charge on any atom is 0.149 e. The smallest absolute Gasteiger partial charge is 0.149 e. The molecule has 1 heterocycles. The van der Waals surface area contributed by atoms with Crippen LogP contribution in [-0.4, -0.2) is 5.97 Å². The number of benzene rings is 1. The summed E-state index contributed by atoms with van der Waals surface area (Å²) in [4.78, 5) is 10.5. The second-order valence-electron chi connectivity index (χ2n) is 3.42. The monoisotopic (exact) mass is 285 g/mol. The Bertz CT molecular complexity index is 577. The van der Waals surface area contributed by atoms with E-state index >= 15 is 0 Å². The lowest BCUT2D eigenvalue weighted by Gasteiger charge is -2.06. The van der Waals surface area contributed by atoms with E-state index in [1.54, 1.807) is 18.2 Å². The number of aromatic carboxylic acids is 1. The first kappa shape index (κ1) is 12.8. The number of carbonyl (C=O) groups excluding carboxylic acids is 1. The predicted octanol–water partition coefficient (Wildman–Crippen LogP) is 2.53. The van der Waals surface area contributed by atoms with Crippen molar-refractivity contribution in [3.63, 3.8) is 0 Å². The Hall–Kier alpha value is -1.65. The SMILES string of the molecule is O=C([O-])c1ccc(COc2ccc(Cl)cc2Cl)o1. The molecule has 1 aromatic carbocycles. The van der Waals surface area contributed by atoms with Gasteiger partial charge in [0.15, 0.2) is 0 Å². The van der Waals surface area contributed by atoms with Crippen molar-refractivity contribution in [3.8, 4) is 5.75 Å². The Morgan fingerprint density at radius 1 is 1.28 bits per heavy atom. The predicted molar refractivity (Wildman–Crippen MR) is 63.8 cm³/mol. The molecule has 0 atom stereocenters. The number of halogens is 2. The van der Waals surface area contributed by atoms with Crippen molar-refractivity contribution in [2.45, 2.75) is 6.61 Å². The minimum atomic E-state index is -1.37. The Labute approximate surface area is 113 Å². The standard InChI is InChI=1S/C12H8Cl2O4/c13-7-1-3-10(9(14)5-7)17-6-8-2-4-11(18-8)12(15)16/h1-5H,6H2,(H,15,16)/p-1. The van der Waals surface area contributed by atoms with Gasteiger partial charge in [-0.25, -0.2) is 0 Å². The van der Waals surface area contributed by atoms with E-state index < -0.39 is 5.97 Å². The van der Waals surface area contributed by atoms with Crippen LogP contribution in [-0.2, 0) is 6.61 Å². The van der Waals surface area contributed by atoms with E-state index in [0.717, 1.165) is 0 Å². The molecule has 0 aliphatic carbocycles. The van der Waals surface area contributed by atoms with Gasteiger partial charge in [0.1, 0.15) is 29.8 Å². The van der Waals surface area contributed by atoms with E-state index in [-0.39, 0.29) is 12.4 Å².